The van der Waals surface area contributed by atoms with Crippen LogP contribution in [0.25, 0.3) is 0 Å². The van der Waals surface area contributed by atoms with Crippen LogP contribution in [0.3, 0.4) is 0 Å². The zero-order valence-corrected chi connectivity index (χ0v) is 10.4. The van der Waals surface area contributed by atoms with E-state index >= 15 is 0 Å². The summed E-state index contributed by atoms with van der Waals surface area (Å²) in [6.45, 7) is 0.265. The second-order valence-electron chi connectivity index (χ2n) is 4.53. The summed E-state index contributed by atoms with van der Waals surface area (Å²) in [4.78, 5) is 0. The maximum atomic E-state index is 13.5. The molecule has 2 unspecified atom stereocenters. The quantitative estimate of drug-likeness (QED) is 0.902. The van der Waals surface area contributed by atoms with Crippen LogP contribution in [-0.4, -0.2) is 12.1 Å². The summed E-state index contributed by atoms with van der Waals surface area (Å²) in [7, 11) is 0. The van der Waals surface area contributed by atoms with Gasteiger partial charge in [0.25, 0.3) is 0 Å². The molecule has 1 aliphatic carbocycles. The molecule has 0 aliphatic heterocycles. The molecule has 0 bridgehead atoms. The molecule has 94 valence electrons. The first-order valence-corrected chi connectivity index (χ1v) is 6.36. The Balaban J connectivity index is 1.92. The van der Waals surface area contributed by atoms with Crippen LogP contribution in [0.5, 0.6) is 0 Å². The van der Waals surface area contributed by atoms with Gasteiger partial charge >= 0.3 is 0 Å². The predicted molar refractivity (Wildman–Crippen MR) is 66.4 cm³/mol. The van der Waals surface area contributed by atoms with Gasteiger partial charge in [-0.05, 0) is 25.0 Å². The van der Waals surface area contributed by atoms with Crippen LogP contribution < -0.4 is 5.73 Å². The molecule has 0 radical (unpaired) electrons. The fourth-order valence-electron chi connectivity index (χ4n) is 2.17. The molecule has 2 nitrogen and oxygen atoms in total. The highest BCUT2D eigenvalue weighted by Crippen LogP contribution is 2.22. The molecule has 2 rings (SSSR count). The molecule has 1 aliphatic rings. The predicted octanol–water partition coefficient (Wildman–Crippen LogP) is 3.27. The number of benzene rings is 1. The Morgan fingerprint density at radius 1 is 1.35 bits per heavy atom. The van der Waals surface area contributed by atoms with Gasteiger partial charge in [-0.1, -0.05) is 30.5 Å². The topological polar surface area (TPSA) is 35.2 Å². The minimum absolute atomic E-state index is 0.0545. The van der Waals surface area contributed by atoms with Gasteiger partial charge in [-0.25, -0.2) is 4.39 Å². The van der Waals surface area contributed by atoms with E-state index in [0.29, 0.717) is 10.6 Å². The van der Waals surface area contributed by atoms with Crippen molar-refractivity contribution in [3.63, 3.8) is 0 Å². The van der Waals surface area contributed by atoms with Crippen molar-refractivity contribution in [2.45, 2.75) is 44.4 Å². The van der Waals surface area contributed by atoms with E-state index in [4.69, 9.17) is 22.1 Å². The van der Waals surface area contributed by atoms with Crippen molar-refractivity contribution in [3.05, 3.63) is 34.6 Å². The molecular weight excluding hydrogens is 241 g/mol. The summed E-state index contributed by atoms with van der Waals surface area (Å²) in [6.07, 6.45) is 4.32. The summed E-state index contributed by atoms with van der Waals surface area (Å²) in [5.41, 5.74) is 6.50. The lowest BCUT2D eigenvalue weighted by Gasteiger charge is -2.28. The van der Waals surface area contributed by atoms with Gasteiger partial charge < -0.3 is 10.5 Å². The van der Waals surface area contributed by atoms with E-state index in [9.17, 15) is 4.39 Å². The van der Waals surface area contributed by atoms with E-state index in [-0.39, 0.29) is 24.6 Å². The lowest BCUT2D eigenvalue weighted by molar-refractivity contribution is 0.00289. The Hall–Kier alpha value is -0.640. The maximum absolute atomic E-state index is 13.5. The first-order chi connectivity index (χ1) is 8.16. The van der Waals surface area contributed by atoms with Crippen LogP contribution in [0.4, 0.5) is 4.39 Å². The molecular formula is C13H17ClFNO. The van der Waals surface area contributed by atoms with E-state index in [2.05, 4.69) is 0 Å². The summed E-state index contributed by atoms with van der Waals surface area (Å²) >= 11 is 5.69. The van der Waals surface area contributed by atoms with Crippen LogP contribution in [-0.2, 0) is 11.3 Å². The molecule has 0 heterocycles. The van der Waals surface area contributed by atoms with Gasteiger partial charge in [0.05, 0.1) is 12.7 Å². The van der Waals surface area contributed by atoms with Gasteiger partial charge in [0.2, 0.25) is 0 Å². The van der Waals surface area contributed by atoms with Gasteiger partial charge in [0.1, 0.15) is 5.82 Å². The summed E-state index contributed by atoms with van der Waals surface area (Å²) < 4.78 is 19.2. The number of halogens is 2. The van der Waals surface area contributed by atoms with Crippen molar-refractivity contribution < 1.29 is 9.13 Å². The number of nitrogens with two attached hydrogens (primary N) is 1. The molecule has 1 saturated carbocycles. The van der Waals surface area contributed by atoms with Crippen molar-refractivity contribution >= 4 is 11.6 Å². The van der Waals surface area contributed by atoms with Crippen molar-refractivity contribution in [3.8, 4) is 0 Å². The zero-order valence-electron chi connectivity index (χ0n) is 9.66. The number of hydrogen-bond acceptors (Lipinski definition) is 2. The molecule has 0 saturated heterocycles. The van der Waals surface area contributed by atoms with E-state index in [1.807, 2.05) is 0 Å². The van der Waals surface area contributed by atoms with Crippen LogP contribution in [0.2, 0.25) is 5.02 Å². The fraction of sp³-hybridized carbons (Fsp3) is 0.538. The lowest BCUT2D eigenvalue weighted by atomic mass is 9.93. The third-order valence-corrected chi connectivity index (χ3v) is 3.46. The summed E-state index contributed by atoms with van der Waals surface area (Å²) in [5.74, 6) is -0.318. The smallest absolute Gasteiger partial charge is 0.130 e. The van der Waals surface area contributed by atoms with Crippen molar-refractivity contribution in [2.24, 2.45) is 5.73 Å². The fourth-order valence-corrected chi connectivity index (χ4v) is 2.33. The summed E-state index contributed by atoms with van der Waals surface area (Å²) in [5, 5.41) is 0.403. The Bertz CT molecular complexity index is 386. The average Bonchev–Trinajstić information content (AvgIpc) is 2.30. The van der Waals surface area contributed by atoms with Crippen LogP contribution in [0.15, 0.2) is 18.2 Å². The zero-order chi connectivity index (χ0) is 12.3. The molecule has 1 fully saturated rings. The molecule has 17 heavy (non-hydrogen) atoms. The van der Waals surface area contributed by atoms with Gasteiger partial charge in [0, 0.05) is 16.6 Å². The van der Waals surface area contributed by atoms with E-state index in [1.54, 1.807) is 12.1 Å². The normalized spacial score (nSPS) is 24.9. The van der Waals surface area contributed by atoms with Crippen LogP contribution in [0, 0.1) is 5.82 Å². The van der Waals surface area contributed by atoms with Gasteiger partial charge in [-0.3, -0.25) is 0 Å². The number of hydrogen-bond donors (Lipinski definition) is 1. The molecule has 2 N–H and O–H groups in total. The highest BCUT2D eigenvalue weighted by Gasteiger charge is 2.22. The van der Waals surface area contributed by atoms with E-state index in [0.717, 1.165) is 25.7 Å². The number of ether oxygens (including phenoxy) is 1. The Kier molecular flexibility index (Phi) is 4.37. The third-order valence-electron chi connectivity index (χ3n) is 3.22. The largest absolute Gasteiger partial charge is 0.372 e. The average molecular weight is 258 g/mol. The van der Waals surface area contributed by atoms with E-state index in [1.165, 1.54) is 6.07 Å². The Morgan fingerprint density at radius 3 is 2.82 bits per heavy atom. The Morgan fingerprint density at radius 2 is 2.12 bits per heavy atom. The van der Waals surface area contributed by atoms with Crippen molar-refractivity contribution in [1.82, 2.24) is 0 Å². The first kappa shape index (κ1) is 12.8. The molecule has 4 heteroatoms. The monoisotopic (exact) mass is 257 g/mol. The highest BCUT2D eigenvalue weighted by molar-refractivity contribution is 6.30. The van der Waals surface area contributed by atoms with Crippen molar-refractivity contribution in [2.75, 3.05) is 0 Å². The molecule has 2 atom stereocenters. The Labute approximate surface area is 106 Å². The van der Waals surface area contributed by atoms with Gasteiger partial charge in [0.15, 0.2) is 0 Å². The summed E-state index contributed by atoms with van der Waals surface area (Å²) in [6, 6.07) is 4.72. The van der Waals surface area contributed by atoms with Crippen LogP contribution in [0.1, 0.15) is 31.2 Å². The van der Waals surface area contributed by atoms with Gasteiger partial charge in [-0.2, -0.15) is 0 Å². The molecule has 1 aromatic carbocycles. The van der Waals surface area contributed by atoms with E-state index < -0.39 is 0 Å². The van der Waals surface area contributed by atoms with Crippen molar-refractivity contribution in [1.29, 1.82) is 0 Å². The number of rotatable bonds is 3. The molecule has 0 amide bonds. The maximum Gasteiger partial charge on any atom is 0.130 e. The molecule has 0 spiro atoms. The molecule has 0 aromatic heterocycles. The second kappa shape index (κ2) is 5.80. The second-order valence-corrected chi connectivity index (χ2v) is 4.97. The first-order valence-electron chi connectivity index (χ1n) is 5.98. The van der Waals surface area contributed by atoms with Gasteiger partial charge in [-0.15, -0.1) is 0 Å². The minimum atomic E-state index is -0.318. The third kappa shape index (κ3) is 3.41. The van der Waals surface area contributed by atoms with Crippen LogP contribution >= 0.6 is 11.6 Å². The lowest BCUT2D eigenvalue weighted by Crippen LogP contribution is -2.39. The highest BCUT2D eigenvalue weighted by atomic mass is 35.5. The molecule has 1 aromatic rings. The SMILES string of the molecule is NC1CCCCC1OCc1ccc(Cl)cc1F. The minimum Gasteiger partial charge on any atom is -0.372 e. The standard InChI is InChI=1S/C13H17ClFNO/c14-10-6-5-9(11(15)7-10)8-17-13-4-2-1-3-12(13)16/h5-7,12-13H,1-4,8,16H2.